The first-order valence-corrected chi connectivity index (χ1v) is 7.43. The number of nitrogens with one attached hydrogen (secondary N) is 1. The number of aromatic nitrogens is 1. The van der Waals surface area contributed by atoms with Gasteiger partial charge in [-0.15, -0.1) is 10.2 Å². The van der Waals surface area contributed by atoms with Crippen LogP contribution in [0, 0.1) is 0 Å². The van der Waals surface area contributed by atoms with Crippen LogP contribution < -0.4 is 0 Å². The largest absolute Gasteiger partial charge is 0.493 e. The molecule has 0 bridgehead atoms. The fourth-order valence-electron chi connectivity index (χ4n) is 1.98. The van der Waals surface area contributed by atoms with E-state index in [0.29, 0.717) is 21.5 Å². The summed E-state index contributed by atoms with van der Waals surface area (Å²) in [5, 5.41) is 18.6. The monoisotopic (exact) mass is 377 g/mol. The number of hydrogen-bond acceptors (Lipinski definition) is 3. The zero-order valence-corrected chi connectivity index (χ0v) is 13.4. The normalized spacial score (nSPS) is 11.4. The summed E-state index contributed by atoms with van der Waals surface area (Å²) < 4.78 is 0.833. The summed E-state index contributed by atoms with van der Waals surface area (Å²) in [6.07, 6.45) is 0. The first-order chi connectivity index (χ1) is 10.5. The number of rotatable bonds is 2. The van der Waals surface area contributed by atoms with Crippen LogP contribution in [0.3, 0.4) is 0 Å². The number of carbonyl (C=O) groups is 1. The molecule has 0 aliphatic heterocycles. The fraction of sp³-hybridized carbons (Fsp3) is 0. The average molecular weight is 379 g/mol. The van der Waals surface area contributed by atoms with E-state index in [9.17, 15) is 9.90 Å². The lowest BCUT2D eigenvalue weighted by molar-refractivity contribution is 0.0995. The molecule has 1 amide bonds. The second-order valence-electron chi connectivity index (χ2n) is 4.52. The van der Waals surface area contributed by atoms with Crippen molar-refractivity contribution in [3.8, 4) is 5.88 Å². The molecule has 0 unspecified atom stereocenters. The van der Waals surface area contributed by atoms with E-state index in [4.69, 9.17) is 11.6 Å². The van der Waals surface area contributed by atoms with Crippen molar-refractivity contribution >= 4 is 50.0 Å². The number of nitrogens with zero attached hydrogens (tertiary/aromatic N) is 2. The Morgan fingerprint density at radius 1 is 1.18 bits per heavy atom. The van der Waals surface area contributed by atoms with Gasteiger partial charge in [0.1, 0.15) is 0 Å². The molecule has 1 heterocycles. The topological polar surface area (TPSA) is 77.8 Å². The molecule has 0 atom stereocenters. The van der Waals surface area contributed by atoms with Crippen LogP contribution in [0.25, 0.3) is 10.9 Å². The molecule has 2 aromatic carbocycles. The highest BCUT2D eigenvalue weighted by Crippen LogP contribution is 2.36. The van der Waals surface area contributed by atoms with Crippen molar-refractivity contribution in [3.63, 3.8) is 0 Å². The molecule has 0 spiro atoms. The Labute approximate surface area is 138 Å². The molecule has 0 aliphatic carbocycles. The van der Waals surface area contributed by atoms with Gasteiger partial charge >= 0.3 is 0 Å². The molecule has 0 saturated heterocycles. The van der Waals surface area contributed by atoms with E-state index in [1.807, 2.05) is 6.07 Å². The number of amides is 1. The number of azo groups is 1. The third-order valence-electron chi connectivity index (χ3n) is 3.05. The van der Waals surface area contributed by atoms with E-state index in [1.165, 1.54) is 0 Å². The first-order valence-electron chi connectivity index (χ1n) is 6.26. The molecule has 0 fully saturated rings. The van der Waals surface area contributed by atoms with E-state index in [-0.39, 0.29) is 11.6 Å². The highest BCUT2D eigenvalue weighted by Gasteiger charge is 2.12. The molecule has 0 radical (unpaired) electrons. The minimum Gasteiger partial charge on any atom is -0.493 e. The maximum Gasteiger partial charge on any atom is 0.295 e. The van der Waals surface area contributed by atoms with E-state index in [0.717, 1.165) is 4.47 Å². The van der Waals surface area contributed by atoms with Crippen LogP contribution in [0.4, 0.5) is 5.69 Å². The SMILES string of the molecule is O=C(N=Nc1c(O)[nH]c2ccc(Br)cc12)c1ccc(Cl)cc1. The minimum absolute atomic E-state index is 0.138. The lowest BCUT2D eigenvalue weighted by Gasteiger charge is -1.95. The molecule has 7 heteroatoms. The third kappa shape index (κ3) is 2.88. The number of aromatic amines is 1. The van der Waals surface area contributed by atoms with Crippen LogP contribution in [-0.4, -0.2) is 16.0 Å². The molecule has 3 aromatic rings. The lowest BCUT2D eigenvalue weighted by atomic mass is 10.2. The Balaban J connectivity index is 1.95. The molecule has 0 saturated carbocycles. The standard InChI is InChI=1S/C15H9BrClN3O2/c16-9-3-6-12-11(7-9)13(15(22)18-12)19-20-14(21)8-1-4-10(17)5-2-8/h1-7,18,22H. The number of benzene rings is 2. The highest BCUT2D eigenvalue weighted by molar-refractivity contribution is 9.10. The molecular weight excluding hydrogens is 370 g/mol. The number of aromatic hydroxyl groups is 1. The van der Waals surface area contributed by atoms with Crippen LogP contribution in [0.5, 0.6) is 5.88 Å². The predicted molar refractivity (Wildman–Crippen MR) is 88.0 cm³/mol. The fourth-order valence-corrected chi connectivity index (χ4v) is 2.47. The van der Waals surface area contributed by atoms with Crippen LogP contribution in [0.15, 0.2) is 57.2 Å². The van der Waals surface area contributed by atoms with E-state index in [2.05, 4.69) is 31.1 Å². The van der Waals surface area contributed by atoms with Crippen LogP contribution >= 0.6 is 27.5 Å². The van der Waals surface area contributed by atoms with Crippen molar-refractivity contribution < 1.29 is 9.90 Å². The molecule has 1 aromatic heterocycles. The maximum absolute atomic E-state index is 12.0. The summed E-state index contributed by atoms with van der Waals surface area (Å²) in [5.41, 5.74) is 1.29. The predicted octanol–water partition coefficient (Wildman–Crippen LogP) is 5.21. The van der Waals surface area contributed by atoms with Crippen molar-refractivity contribution in [2.75, 3.05) is 0 Å². The van der Waals surface area contributed by atoms with Crippen molar-refractivity contribution in [2.24, 2.45) is 10.2 Å². The Kier molecular flexibility index (Phi) is 3.96. The number of hydrogen-bond donors (Lipinski definition) is 2. The van der Waals surface area contributed by atoms with Gasteiger partial charge in [0.05, 0.1) is 5.52 Å². The molecule has 5 nitrogen and oxygen atoms in total. The minimum atomic E-state index is -0.514. The number of carbonyl (C=O) groups excluding carboxylic acids is 1. The molecular formula is C15H9BrClN3O2. The smallest absolute Gasteiger partial charge is 0.295 e. The lowest BCUT2D eigenvalue weighted by Crippen LogP contribution is -1.92. The average Bonchev–Trinajstić information content (AvgIpc) is 2.80. The summed E-state index contributed by atoms with van der Waals surface area (Å²) >= 11 is 9.12. The Morgan fingerprint density at radius 2 is 1.91 bits per heavy atom. The zero-order chi connectivity index (χ0) is 15.7. The van der Waals surface area contributed by atoms with Crippen molar-refractivity contribution in [3.05, 3.63) is 57.5 Å². The third-order valence-corrected chi connectivity index (χ3v) is 3.79. The summed E-state index contributed by atoms with van der Waals surface area (Å²) in [5.74, 6) is -0.652. The van der Waals surface area contributed by atoms with Crippen LogP contribution in [0.1, 0.15) is 10.4 Å². The second kappa shape index (κ2) is 5.90. The molecule has 110 valence electrons. The summed E-state index contributed by atoms with van der Waals surface area (Å²) in [6.45, 7) is 0. The van der Waals surface area contributed by atoms with Gasteiger partial charge in [-0.2, -0.15) is 0 Å². The van der Waals surface area contributed by atoms with E-state index >= 15 is 0 Å². The quantitative estimate of drug-likeness (QED) is 0.600. The van der Waals surface area contributed by atoms with Gasteiger partial charge in [-0.25, -0.2) is 0 Å². The highest BCUT2D eigenvalue weighted by atomic mass is 79.9. The van der Waals surface area contributed by atoms with Gasteiger partial charge in [0.15, 0.2) is 5.69 Å². The van der Waals surface area contributed by atoms with Gasteiger partial charge in [-0.05, 0) is 42.5 Å². The van der Waals surface area contributed by atoms with Gasteiger partial charge in [-0.1, -0.05) is 27.5 Å². The number of H-pyrrole nitrogens is 1. The summed E-state index contributed by atoms with van der Waals surface area (Å²) in [4.78, 5) is 14.7. The number of halogens is 2. The van der Waals surface area contributed by atoms with Crippen molar-refractivity contribution in [1.82, 2.24) is 4.98 Å². The molecule has 22 heavy (non-hydrogen) atoms. The molecule has 3 rings (SSSR count). The van der Waals surface area contributed by atoms with Crippen LogP contribution in [0.2, 0.25) is 5.02 Å². The van der Waals surface area contributed by atoms with E-state index in [1.54, 1.807) is 36.4 Å². The first kappa shape index (κ1) is 14.7. The summed E-state index contributed by atoms with van der Waals surface area (Å²) in [7, 11) is 0. The zero-order valence-electron chi connectivity index (χ0n) is 11.0. The molecule has 2 N–H and O–H groups in total. The Hall–Kier alpha value is -2.18. The Bertz CT molecular complexity index is 888. The second-order valence-corrected chi connectivity index (χ2v) is 5.88. The van der Waals surface area contributed by atoms with Gasteiger partial charge in [-0.3, -0.25) is 4.79 Å². The van der Waals surface area contributed by atoms with Gasteiger partial charge in [0, 0.05) is 20.4 Å². The van der Waals surface area contributed by atoms with Crippen molar-refractivity contribution in [2.45, 2.75) is 0 Å². The molecule has 0 aliphatic rings. The van der Waals surface area contributed by atoms with Gasteiger partial charge in [0.25, 0.3) is 5.91 Å². The van der Waals surface area contributed by atoms with Gasteiger partial charge < -0.3 is 10.1 Å². The van der Waals surface area contributed by atoms with E-state index < -0.39 is 5.91 Å². The number of fused-ring (bicyclic) bond motifs is 1. The van der Waals surface area contributed by atoms with Crippen molar-refractivity contribution in [1.29, 1.82) is 0 Å². The van der Waals surface area contributed by atoms with Crippen LogP contribution in [-0.2, 0) is 0 Å². The maximum atomic E-state index is 12.0. The van der Waals surface area contributed by atoms with Gasteiger partial charge in [0.2, 0.25) is 5.88 Å². The Morgan fingerprint density at radius 3 is 2.64 bits per heavy atom. The summed E-state index contributed by atoms with van der Waals surface area (Å²) in [6, 6.07) is 11.7.